The summed E-state index contributed by atoms with van der Waals surface area (Å²) < 4.78 is 0. The van der Waals surface area contributed by atoms with Gasteiger partial charge in [0.25, 0.3) is 0 Å². The SMILES string of the molecule is CC(=O)N(CC(=O)NCCCc1ccccc1)CC(C)C. The Morgan fingerprint density at radius 2 is 1.86 bits per heavy atom. The van der Waals surface area contributed by atoms with Gasteiger partial charge in [0.15, 0.2) is 0 Å². The van der Waals surface area contributed by atoms with Crippen LogP contribution in [0.15, 0.2) is 30.3 Å². The molecule has 0 saturated heterocycles. The molecular weight excluding hydrogens is 264 g/mol. The number of hydrogen-bond donors (Lipinski definition) is 1. The number of carbonyl (C=O) groups excluding carboxylic acids is 2. The molecule has 0 unspecified atom stereocenters. The van der Waals surface area contributed by atoms with Crippen molar-refractivity contribution >= 4 is 11.8 Å². The standard InChI is InChI=1S/C17H26N2O2/c1-14(2)12-19(15(3)20)13-17(21)18-11-7-10-16-8-5-4-6-9-16/h4-6,8-9,14H,7,10-13H2,1-3H3,(H,18,21). The van der Waals surface area contributed by atoms with E-state index in [2.05, 4.69) is 17.4 Å². The van der Waals surface area contributed by atoms with Crippen molar-refractivity contribution in [3.05, 3.63) is 35.9 Å². The lowest BCUT2D eigenvalue weighted by Gasteiger charge is -2.22. The van der Waals surface area contributed by atoms with Gasteiger partial charge in [-0.1, -0.05) is 44.2 Å². The Kier molecular flexibility index (Phi) is 7.51. The van der Waals surface area contributed by atoms with Crippen LogP contribution in [-0.4, -0.2) is 36.3 Å². The first-order valence-electron chi connectivity index (χ1n) is 7.55. The quantitative estimate of drug-likeness (QED) is 0.746. The molecule has 0 heterocycles. The fourth-order valence-electron chi connectivity index (χ4n) is 2.14. The number of aryl methyl sites for hydroxylation is 1. The molecular formula is C17H26N2O2. The fourth-order valence-corrected chi connectivity index (χ4v) is 2.14. The molecule has 0 aliphatic heterocycles. The molecule has 116 valence electrons. The Hall–Kier alpha value is -1.84. The Morgan fingerprint density at radius 1 is 1.19 bits per heavy atom. The number of nitrogens with zero attached hydrogens (tertiary/aromatic N) is 1. The lowest BCUT2D eigenvalue weighted by molar-refractivity contribution is -0.134. The van der Waals surface area contributed by atoms with Crippen molar-refractivity contribution in [2.75, 3.05) is 19.6 Å². The molecule has 0 aromatic heterocycles. The van der Waals surface area contributed by atoms with E-state index in [9.17, 15) is 9.59 Å². The van der Waals surface area contributed by atoms with E-state index >= 15 is 0 Å². The minimum atomic E-state index is -0.0843. The van der Waals surface area contributed by atoms with Gasteiger partial charge in [-0.25, -0.2) is 0 Å². The first-order chi connectivity index (χ1) is 9.99. The van der Waals surface area contributed by atoms with Gasteiger partial charge in [0.05, 0.1) is 6.54 Å². The Balaban J connectivity index is 2.25. The highest BCUT2D eigenvalue weighted by Gasteiger charge is 2.14. The number of carbonyl (C=O) groups is 2. The van der Waals surface area contributed by atoms with E-state index in [-0.39, 0.29) is 18.4 Å². The van der Waals surface area contributed by atoms with E-state index < -0.39 is 0 Å². The van der Waals surface area contributed by atoms with Crippen LogP contribution in [0.4, 0.5) is 0 Å². The molecule has 0 spiro atoms. The van der Waals surface area contributed by atoms with Gasteiger partial charge in [-0.15, -0.1) is 0 Å². The first-order valence-corrected chi connectivity index (χ1v) is 7.55. The van der Waals surface area contributed by atoms with Crippen molar-refractivity contribution in [3.8, 4) is 0 Å². The zero-order valence-electron chi connectivity index (χ0n) is 13.3. The van der Waals surface area contributed by atoms with Crippen LogP contribution in [0.1, 0.15) is 32.8 Å². The smallest absolute Gasteiger partial charge is 0.239 e. The van der Waals surface area contributed by atoms with Crippen LogP contribution < -0.4 is 5.32 Å². The Morgan fingerprint density at radius 3 is 2.43 bits per heavy atom. The van der Waals surface area contributed by atoms with Crippen LogP contribution in [-0.2, 0) is 16.0 Å². The third kappa shape index (κ3) is 7.49. The largest absolute Gasteiger partial charge is 0.355 e. The van der Waals surface area contributed by atoms with Crippen molar-refractivity contribution in [2.24, 2.45) is 5.92 Å². The van der Waals surface area contributed by atoms with Gasteiger partial charge < -0.3 is 10.2 Å². The van der Waals surface area contributed by atoms with Gasteiger partial charge in [0.2, 0.25) is 11.8 Å². The molecule has 0 aliphatic carbocycles. The minimum Gasteiger partial charge on any atom is -0.355 e. The highest BCUT2D eigenvalue weighted by Crippen LogP contribution is 2.02. The fraction of sp³-hybridized carbons (Fsp3) is 0.529. The summed E-state index contributed by atoms with van der Waals surface area (Å²) in [5, 5.41) is 2.88. The van der Waals surface area contributed by atoms with Crippen molar-refractivity contribution in [2.45, 2.75) is 33.6 Å². The average Bonchev–Trinajstić information content (AvgIpc) is 2.43. The predicted molar refractivity (Wildman–Crippen MR) is 84.9 cm³/mol. The van der Waals surface area contributed by atoms with E-state index in [1.54, 1.807) is 4.90 Å². The molecule has 1 aromatic rings. The number of hydrogen-bond acceptors (Lipinski definition) is 2. The molecule has 4 nitrogen and oxygen atoms in total. The third-order valence-corrected chi connectivity index (χ3v) is 3.17. The van der Waals surface area contributed by atoms with Crippen LogP contribution in [0.3, 0.4) is 0 Å². The lowest BCUT2D eigenvalue weighted by atomic mass is 10.1. The molecule has 1 rings (SSSR count). The maximum absolute atomic E-state index is 11.8. The van der Waals surface area contributed by atoms with Crippen LogP contribution in [0.25, 0.3) is 0 Å². The molecule has 21 heavy (non-hydrogen) atoms. The summed E-state index contributed by atoms with van der Waals surface area (Å²) in [6.07, 6.45) is 1.85. The number of rotatable bonds is 8. The van der Waals surface area contributed by atoms with Gasteiger partial charge in [0.1, 0.15) is 0 Å². The summed E-state index contributed by atoms with van der Waals surface area (Å²) in [7, 11) is 0. The Labute approximate surface area is 127 Å². The zero-order chi connectivity index (χ0) is 15.7. The molecule has 0 fully saturated rings. The van der Waals surface area contributed by atoms with Gasteiger partial charge in [-0.2, -0.15) is 0 Å². The molecule has 0 bridgehead atoms. The summed E-state index contributed by atoms with van der Waals surface area (Å²) in [6.45, 7) is 6.99. The summed E-state index contributed by atoms with van der Waals surface area (Å²) in [5.41, 5.74) is 1.27. The molecule has 1 N–H and O–H groups in total. The van der Waals surface area contributed by atoms with Crippen molar-refractivity contribution in [1.29, 1.82) is 0 Å². The van der Waals surface area contributed by atoms with E-state index in [0.717, 1.165) is 12.8 Å². The van der Waals surface area contributed by atoms with Crippen molar-refractivity contribution < 1.29 is 9.59 Å². The van der Waals surface area contributed by atoms with Crippen molar-refractivity contribution in [3.63, 3.8) is 0 Å². The normalized spacial score (nSPS) is 10.5. The summed E-state index contributed by atoms with van der Waals surface area (Å²) in [4.78, 5) is 24.9. The molecule has 0 radical (unpaired) electrons. The second-order valence-electron chi connectivity index (χ2n) is 5.73. The molecule has 2 amide bonds. The van der Waals surface area contributed by atoms with Gasteiger partial charge in [-0.05, 0) is 24.3 Å². The highest BCUT2D eigenvalue weighted by molar-refractivity contribution is 5.83. The van der Waals surface area contributed by atoms with Crippen LogP contribution >= 0.6 is 0 Å². The summed E-state index contributed by atoms with van der Waals surface area (Å²) in [5.74, 6) is 0.224. The average molecular weight is 290 g/mol. The van der Waals surface area contributed by atoms with E-state index in [0.29, 0.717) is 19.0 Å². The number of nitrogens with one attached hydrogen (secondary N) is 1. The van der Waals surface area contributed by atoms with Gasteiger partial charge in [-0.3, -0.25) is 9.59 Å². The van der Waals surface area contributed by atoms with Gasteiger partial charge >= 0.3 is 0 Å². The zero-order valence-corrected chi connectivity index (χ0v) is 13.3. The monoisotopic (exact) mass is 290 g/mol. The number of benzene rings is 1. The van der Waals surface area contributed by atoms with E-state index in [4.69, 9.17) is 0 Å². The maximum atomic E-state index is 11.8. The molecule has 4 heteroatoms. The van der Waals surface area contributed by atoms with Gasteiger partial charge in [0, 0.05) is 20.0 Å². The predicted octanol–water partition coefficient (Wildman–Crippen LogP) is 2.24. The summed E-state index contributed by atoms with van der Waals surface area (Å²) in [6, 6.07) is 10.2. The lowest BCUT2D eigenvalue weighted by Crippen LogP contribution is -2.41. The first kappa shape index (κ1) is 17.2. The molecule has 0 atom stereocenters. The van der Waals surface area contributed by atoms with Crippen LogP contribution in [0.5, 0.6) is 0 Å². The maximum Gasteiger partial charge on any atom is 0.239 e. The third-order valence-electron chi connectivity index (χ3n) is 3.17. The highest BCUT2D eigenvalue weighted by atomic mass is 16.2. The second kappa shape index (κ2) is 9.16. The number of amides is 2. The second-order valence-corrected chi connectivity index (χ2v) is 5.73. The van der Waals surface area contributed by atoms with E-state index in [1.807, 2.05) is 32.0 Å². The minimum absolute atomic E-state index is 0.0527. The molecule has 0 aliphatic rings. The van der Waals surface area contributed by atoms with Crippen LogP contribution in [0.2, 0.25) is 0 Å². The summed E-state index contributed by atoms with van der Waals surface area (Å²) >= 11 is 0. The van der Waals surface area contributed by atoms with Crippen LogP contribution in [0, 0.1) is 5.92 Å². The van der Waals surface area contributed by atoms with E-state index in [1.165, 1.54) is 12.5 Å². The molecule has 1 aromatic carbocycles. The topological polar surface area (TPSA) is 49.4 Å². The van der Waals surface area contributed by atoms with Crippen molar-refractivity contribution in [1.82, 2.24) is 10.2 Å². The molecule has 0 saturated carbocycles. The Bertz CT molecular complexity index is 443.